The Hall–Kier alpha value is -2.19. The summed E-state index contributed by atoms with van der Waals surface area (Å²) in [6.45, 7) is 2.04. The molecule has 0 aromatic carbocycles. The molecule has 2 rings (SSSR count). The van der Waals surface area contributed by atoms with Crippen molar-refractivity contribution in [2.45, 2.75) is 26.2 Å². The van der Waals surface area contributed by atoms with Gasteiger partial charge in [0.2, 0.25) is 5.69 Å². The Morgan fingerprint density at radius 1 is 1.62 bits per heavy atom. The lowest BCUT2D eigenvalue weighted by atomic mass is 10.2. The molecule has 0 radical (unpaired) electrons. The van der Waals surface area contributed by atoms with Gasteiger partial charge in [0.15, 0.2) is 6.33 Å². The first-order valence-corrected chi connectivity index (χ1v) is 4.90. The molecule has 0 aliphatic heterocycles. The van der Waals surface area contributed by atoms with E-state index in [2.05, 4.69) is 30.7 Å². The van der Waals surface area contributed by atoms with Crippen LogP contribution in [0, 0.1) is 5.21 Å². The van der Waals surface area contributed by atoms with Crippen molar-refractivity contribution in [2.24, 2.45) is 0 Å². The van der Waals surface area contributed by atoms with Crippen LogP contribution in [0.1, 0.15) is 25.5 Å². The van der Waals surface area contributed by atoms with E-state index in [0.29, 0.717) is 22.8 Å². The highest BCUT2D eigenvalue weighted by atomic mass is 16.8. The minimum absolute atomic E-state index is 0.329. The lowest BCUT2D eigenvalue weighted by Gasteiger charge is -1.98. The molecule has 9 nitrogen and oxygen atoms in total. The maximum Gasteiger partial charge on any atom is 0.330 e. The zero-order valence-corrected chi connectivity index (χ0v) is 8.70. The van der Waals surface area contributed by atoms with Gasteiger partial charge < -0.3 is 5.21 Å². The summed E-state index contributed by atoms with van der Waals surface area (Å²) in [6.07, 6.45) is 3.81. The van der Waals surface area contributed by atoms with Crippen LogP contribution in [0.4, 0.5) is 5.82 Å². The molecule has 0 aliphatic carbocycles. The Morgan fingerprint density at radius 2 is 2.50 bits per heavy atom. The first-order chi connectivity index (χ1) is 7.81. The molecule has 0 atom stereocenters. The molecular formula is C7H11N7O2. The van der Waals surface area contributed by atoms with Gasteiger partial charge in [0.1, 0.15) is 0 Å². The third-order valence-corrected chi connectivity index (χ3v) is 2.04. The third-order valence-electron chi connectivity index (χ3n) is 2.04. The van der Waals surface area contributed by atoms with Gasteiger partial charge in [-0.05, 0) is 21.8 Å². The van der Waals surface area contributed by atoms with Crippen LogP contribution in [-0.4, -0.2) is 25.5 Å². The van der Waals surface area contributed by atoms with E-state index in [1.807, 2.05) is 6.92 Å². The van der Waals surface area contributed by atoms with Gasteiger partial charge in [-0.25, -0.2) is 5.43 Å². The number of hydrogen-bond acceptors (Lipinski definition) is 7. The Morgan fingerprint density at radius 3 is 3.19 bits per heavy atom. The van der Waals surface area contributed by atoms with Gasteiger partial charge in [0.25, 0.3) is 0 Å². The highest BCUT2D eigenvalue weighted by molar-refractivity contribution is 5.34. The van der Waals surface area contributed by atoms with Crippen molar-refractivity contribution in [2.75, 3.05) is 5.43 Å². The largest absolute Gasteiger partial charge is 0.359 e. The van der Waals surface area contributed by atoms with Crippen LogP contribution in [0.15, 0.2) is 11.0 Å². The Kier molecular flexibility index (Phi) is 2.94. The molecule has 2 heterocycles. The van der Waals surface area contributed by atoms with Crippen molar-refractivity contribution in [3.63, 3.8) is 0 Å². The van der Waals surface area contributed by atoms with Crippen molar-refractivity contribution in [3.05, 3.63) is 17.2 Å². The molecule has 1 N–H and O–H groups in total. The number of rotatable bonds is 5. The summed E-state index contributed by atoms with van der Waals surface area (Å²) in [4.78, 5) is 1.63. The monoisotopic (exact) mass is 225 g/mol. The van der Waals surface area contributed by atoms with E-state index >= 15 is 0 Å². The molecule has 86 valence electrons. The van der Waals surface area contributed by atoms with E-state index < -0.39 is 0 Å². The van der Waals surface area contributed by atoms with E-state index in [1.165, 1.54) is 11.1 Å². The Bertz CT molecular complexity index is 438. The minimum atomic E-state index is 0.329. The van der Waals surface area contributed by atoms with Crippen LogP contribution in [0.25, 0.3) is 0 Å². The first-order valence-electron chi connectivity index (χ1n) is 4.90. The smallest absolute Gasteiger partial charge is 0.330 e. The fourth-order valence-electron chi connectivity index (χ4n) is 1.23. The van der Waals surface area contributed by atoms with Gasteiger partial charge in [-0.1, -0.05) is 13.3 Å². The summed E-state index contributed by atoms with van der Waals surface area (Å²) in [6, 6.07) is 0. The number of nitrogens with zero attached hydrogens (tertiary/aromatic N) is 6. The molecule has 9 heteroatoms. The molecule has 2 aromatic heterocycles. The summed E-state index contributed by atoms with van der Waals surface area (Å²) >= 11 is 0. The van der Waals surface area contributed by atoms with Crippen LogP contribution in [0.2, 0.25) is 0 Å². The molecule has 0 bridgehead atoms. The van der Waals surface area contributed by atoms with Crippen molar-refractivity contribution in [1.29, 1.82) is 0 Å². The van der Waals surface area contributed by atoms with Crippen molar-refractivity contribution >= 4 is 5.82 Å². The average Bonchev–Trinajstić information content (AvgIpc) is 2.88. The van der Waals surface area contributed by atoms with Crippen molar-refractivity contribution in [3.8, 4) is 0 Å². The quantitative estimate of drug-likeness (QED) is 0.684. The average molecular weight is 225 g/mol. The normalized spacial score (nSPS) is 10.6. The molecule has 16 heavy (non-hydrogen) atoms. The number of tetrazole rings is 1. The summed E-state index contributed by atoms with van der Waals surface area (Å²) in [5.74, 6) is 0.329. The number of unbranched alkanes of at least 4 members (excludes halogenated alkanes) is 1. The summed E-state index contributed by atoms with van der Waals surface area (Å²) < 4.78 is 4.51. The SMILES string of the molecule is CCCCc1c(Nn2cnnn2)no[n+]1[O-]. The lowest BCUT2D eigenvalue weighted by molar-refractivity contribution is -0.807. The van der Waals surface area contributed by atoms with E-state index in [1.54, 1.807) is 0 Å². The maximum atomic E-state index is 11.3. The standard InChI is InChI=1S/C7H11N7O2/c1-2-3-4-6-7(10-16-14(6)15)9-13-5-8-11-12-13/h5H,2-4H2,1H3,(H,9,10). The molecule has 0 fully saturated rings. The van der Waals surface area contributed by atoms with Gasteiger partial charge in [-0.2, -0.15) is 0 Å². The van der Waals surface area contributed by atoms with E-state index in [0.717, 1.165) is 12.8 Å². The fraction of sp³-hybridized carbons (Fsp3) is 0.571. The van der Waals surface area contributed by atoms with Gasteiger partial charge in [0, 0.05) is 6.42 Å². The van der Waals surface area contributed by atoms with E-state index in [-0.39, 0.29) is 0 Å². The predicted octanol–water partition coefficient (Wildman–Crippen LogP) is -0.488. The van der Waals surface area contributed by atoms with Crippen LogP contribution >= 0.6 is 0 Å². The predicted molar refractivity (Wildman–Crippen MR) is 50.9 cm³/mol. The molecular weight excluding hydrogens is 214 g/mol. The molecule has 2 aromatic rings. The second-order valence-corrected chi connectivity index (χ2v) is 3.20. The van der Waals surface area contributed by atoms with Crippen LogP contribution in [0.3, 0.4) is 0 Å². The van der Waals surface area contributed by atoms with Crippen LogP contribution in [0.5, 0.6) is 0 Å². The van der Waals surface area contributed by atoms with Gasteiger partial charge in [0.05, 0.1) is 5.16 Å². The summed E-state index contributed by atoms with van der Waals surface area (Å²) in [7, 11) is 0. The Balaban J connectivity index is 2.14. The molecule has 0 amide bonds. The maximum absolute atomic E-state index is 11.3. The fourth-order valence-corrected chi connectivity index (χ4v) is 1.23. The lowest BCUT2D eigenvalue weighted by Crippen LogP contribution is -2.28. The molecule has 0 saturated carbocycles. The second kappa shape index (κ2) is 4.55. The summed E-state index contributed by atoms with van der Waals surface area (Å²) in [5, 5.41) is 25.3. The Labute approximate surface area is 90.5 Å². The topological polar surface area (TPSA) is 109 Å². The van der Waals surface area contributed by atoms with Gasteiger partial charge in [-0.3, -0.25) is 4.63 Å². The van der Waals surface area contributed by atoms with Crippen molar-refractivity contribution in [1.82, 2.24) is 25.5 Å². The molecule has 0 saturated heterocycles. The molecule has 0 spiro atoms. The summed E-state index contributed by atoms with van der Waals surface area (Å²) in [5.41, 5.74) is 3.18. The number of anilines is 1. The minimum Gasteiger partial charge on any atom is -0.359 e. The number of nitrogens with one attached hydrogen (secondary N) is 1. The zero-order chi connectivity index (χ0) is 11.4. The highest BCUT2D eigenvalue weighted by Crippen LogP contribution is 2.10. The highest BCUT2D eigenvalue weighted by Gasteiger charge is 2.18. The number of aromatic nitrogens is 6. The van der Waals surface area contributed by atoms with E-state index in [4.69, 9.17) is 0 Å². The van der Waals surface area contributed by atoms with Crippen LogP contribution < -0.4 is 10.3 Å². The number of hydrogen-bond donors (Lipinski definition) is 1. The second-order valence-electron chi connectivity index (χ2n) is 3.20. The molecule has 0 unspecified atom stereocenters. The van der Waals surface area contributed by atoms with Crippen LogP contribution in [-0.2, 0) is 6.42 Å². The zero-order valence-electron chi connectivity index (χ0n) is 8.70. The first kappa shape index (κ1) is 10.3. The van der Waals surface area contributed by atoms with Crippen molar-refractivity contribution < 1.29 is 9.53 Å². The third kappa shape index (κ3) is 2.07. The van der Waals surface area contributed by atoms with E-state index in [9.17, 15) is 5.21 Å². The van der Waals surface area contributed by atoms with Gasteiger partial charge in [-0.15, -0.1) is 9.89 Å². The molecule has 0 aliphatic rings. The van der Waals surface area contributed by atoms with Gasteiger partial charge >= 0.3 is 5.82 Å².